The van der Waals surface area contributed by atoms with Gasteiger partial charge < -0.3 is 9.84 Å². The summed E-state index contributed by atoms with van der Waals surface area (Å²) in [6.45, 7) is 3.61. The minimum atomic E-state index is -0.314. The second-order valence-electron chi connectivity index (χ2n) is 7.88. The summed E-state index contributed by atoms with van der Waals surface area (Å²) < 4.78 is 7.46. The van der Waals surface area contributed by atoms with Gasteiger partial charge in [-0.3, -0.25) is 4.57 Å². The van der Waals surface area contributed by atoms with Crippen LogP contribution in [-0.4, -0.2) is 19.9 Å². The highest BCUT2D eigenvalue weighted by Crippen LogP contribution is 2.48. The van der Waals surface area contributed by atoms with Crippen LogP contribution < -0.4 is 5.32 Å². The van der Waals surface area contributed by atoms with Crippen molar-refractivity contribution in [1.82, 2.24) is 25.2 Å². The van der Waals surface area contributed by atoms with Crippen molar-refractivity contribution in [2.45, 2.75) is 62.9 Å². The van der Waals surface area contributed by atoms with Crippen molar-refractivity contribution in [3.63, 3.8) is 0 Å². The van der Waals surface area contributed by atoms with Crippen LogP contribution in [-0.2, 0) is 24.4 Å². The molecule has 154 valence electrons. The van der Waals surface area contributed by atoms with E-state index >= 15 is 0 Å². The average molecular weight is 434 g/mol. The molecule has 0 saturated heterocycles. The fourth-order valence-corrected chi connectivity index (χ4v) is 4.81. The lowest BCUT2D eigenvalue weighted by atomic mass is 9.76. The number of nitrogens with one attached hydrogen (secondary N) is 1. The maximum atomic E-state index is 7.15. The standard InChI is InChI=1S/C21H24ClN5O.ClH/c1-2-17-10-18(26-28-17)14-5-7-21(22,8-6-14)16-3-4-19-15(9-16)11-23-12-20-25-24-13-27(19)20;/h3-4,9-10,13-14,23H,2,5-8,11-12H2,1H3;1H. The SMILES string of the molecule is CCc1cc(C2CCC(Cl)(c3ccc4c(c3)CNCc3nncn3-4)CC2)no1.Cl. The number of aryl methyl sites for hydroxylation is 1. The Morgan fingerprint density at radius 1 is 1.24 bits per heavy atom. The van der Waals surface area contributed by atoms with Crippen molar-refractivity contribution in [1.29, 1.82) is 0 Å². The lowest BCUT2D eigenvalue weighted by Crippen LogP contribution is -2.26. The molecule has 3 aromatic rings. The van der Waals surface area contributed by atoms with Gasteiger partial charge in [0.25, 0.3) is 0 Å². The molecule has 0 amide bonds. The molecule has 1 aliphatic heterocycles. The molecule has 2 aliphatic rings. The second-order valence-corrected chi connectivity index (χ2v) is 8.60. The Bertz CT molecular complexity index is 991. The fraction of sp³-hybridized carbons (Fsp3) is 0.476. The summed E-state index contributed by atoms with van der Waals surface area (Å²) in [6, 6.07) is 8.70. The van der Waals surface area contributed by atoms with Gasteiger partial charge in [-0.15, -0.1) is 34.2 Å². The third-order valence-corrected chi connectivity index (χ3v) is 6.79. The number of alkyl halides is 1. The molecular formula is C21H25Cl2N5O. The maximum absolute atomic E-state index is 7.15. The smallest absolute Gasteiger partial charge is 0.151 e. The molecule has 0 spiro atoms. The molecule has 8 heteroatoms. The zero-order chi connectivity index (χ0) is 19.1. The summed E-state index contributed by atoms with van der Waals surface area (Å²) in [5.41, 5.74) is 4.67. The van der Waals surface area contributed by atoms with Crippen LogP contribution in [0.25, 0.3) is 5.69 Å². The maximum Gasteiger partial charge on any atom is 0.151 e. The number of benzene rings is 1. The summed E-state index contributed by atoms with van der Waals surface area (Å²) in [5, 5.41) is 16.0. The average Bonchev–Trinajstić information content (AvgIpc) is 3.35. The summed E-state index contributed by atoms with van der Waals surface area (Å²) in [5.74, 6) is 2.34. The van der Waals surface area contributed by atoms with E-state index < -0.39 is 0 Å². The lowest BCUT2D eigenvalue weighted by Gasteiger charge is -2.35. The third-order valence-electron chi connectivity index (χ3n) is 6.20. The Morgan fingerprint density at radius 2 is 2.07 bits per heavy atom. The molecule has 1 aromatic carbocycles. The highest BCUT2D eigenvalue weighted by Gasteiger charge is 2.37. The number of aromatic nitrogens is 4. The van der Waals surface area contributed by atoms with Crippen LogP contribution in [0.3, 0.4) is 0 Å². The molecule has 0 unspecified atom stereocenters. The van der Waals surface area contributed by atoms with Gasteiger partial charge in [0.2, 0.25) is 0 Å². The van der Waals surface area contributed by atoms with E-state index in [1.807, 2.05) is 0 Å². The fourth-order valence-electron chi connectivity index (χ4n) is 4.48. The lowest BCUT2D eigenvalue weighted by molar-refractivity contribution is 0.332. The van der Waals surface area contributed by atoms with Crippen LogP contribution in [0.2, 0.25) is 0 Å². The number of hydrogen-bond donors (Lipinski definition) is 1. The Morgan fingerprint density at radius 3 is 2.83 bits per heavy atom. The van der Waals surface area contributed by atoms with Crippen LogP contribution in [0.4, 0.5) is 0 Å². The molecule has 0 bridgehead atoms. The van der Waals surface area contributed by atoms with Crippen molar-refractivity contribution < 1.29 is 4.52 Å². The van der Waals surface area contributed by atoms with Gasteiger partial charge in [-0.05, 0) is 42.9 Å². The second kappa shape index (κ2) is 8.09. The quantitative estimate of drug-likeness (QED) is 0.609. The number of halogens is 2. The number of fused-ring (bicyclic) bond motifs is 3. The van der Waals surface area contributed by atoms with E-state index in [1.54, 1.807) is 6.33 Å². The Kier molecular flexibility index (Phi) is 5.69. The largest absolute Gasteiger partial charge is 0.361 e. The van der Waals surface area contributed by atoms with Crippen molar-refractivity contribution in [3.8, 4) is 5.69 Å². The molecular weight excluding hydrogens is 409 g/mol. The first-order chi connectivity index (χ1) is 13.7. The van der Waals surface area contributed by atoms with E-state index in [-0.39, 0.29) is 17.3 Å². The topological polar surface area (TPSA) is 68.8 Å². The van der Waals surface area contributed by atoms with Gasteiger partial charge in [0.15, 0.2) is 5.82 Å². The molecule has 3 heterocycles. The first-order valence-electron chi connectivity index (χ1n) is 10.0. The highest BCUT2D eigenvalue weighted by atomic mass is 35.5. The minimum absolute atomic E-state index is 0. The van der Waals surface area contributed by atoms with E-state index in [0.717, 1.165) is 68.2 Å². The van der Waals surface area contributed by atoms with Gasteiger partial charge in [-0.25, -0.2) is 0 Å². The van der Waals surface area contributed by atoms with Crippen LogP contribution in [0.1, 0.15) is 66.9 Å². The molecule has 1 aliphatic carbocycles. The van der Waals surface area contributed by atoms with Crippen LogP contribution in [0.15, 0.2) is 35.1 Å². The third kappa shape index (κ3) is 3.69. The summed E-state index contributed by atoms with van der Waals surface area (Å²) in [7, 11) is 0. The molecule has 29 heavy (non-hydrogen) atoms. The van der Waals surface area contributed by atoms with Crippen molar-refractivity contribution >= 4 is 24.0 Å². The van der Waals surface area contributed by atoms with E-state index in [4.69, 9.17) is 16.1 Å². The molecule has 5 rings (SSSR count). The Balaban J connectivity index is 0.00000205. The summed E-state index contributed by atoms with van der Waals surface area (Å²) in [4.78, 5) is -0.314. The first kappa shape index (κ1) is 20.4. The molecule has 0 radical (unpaired) electrons. The Hall–Kier alpha value is -1.89. The molecule has 6 nitrogen and oxygen atoms in total. The van der Waals surface area contributed by atoms with E-state index in [9.17, 15) is 0 Å². The zero-order valence-electron chi connectivity index (χ0n) is 16.4. The van der Waals surface area contributed by atoms with E-state index in [0.29, 0.717) is 5.92 Å². The van der Waals surface area contributed by atoms with Gasteiger partial charge in [0, 0.05) is 24.9 Å². The van der Waals surface area contributed by atoms with E-state index in [1.165, 1.54) is 11.1 Å². The van der Waals surface area contributed by atoms with Crippen molar-refractivity contribution in [2.24, 2.45) is 0 Å². The van der Waals surface area contributed by atoms with Gasteiger partial charge in [0.1, 0.15) is 12.1 Å². The predicted octanol–water partition coefficient (Wildman–Crippen LogP) is 4.63. The molecule has 2 aromatic heterocycles. The van der Waals surface area contributed by atoms with Gasteiger partial charge in [-0.2, -0.15) is 0 Å². The number of nitrogens with zero attached hydrogens (tertiary/aromatic N) is 4. The van der Waals surface area contributed by atoms with Crippen LogP contribution >= 0.6 is 24.0 Å². The first-order valence-corrected chi connectivity index (χ1v) is 10.4. The van der Waals surface area contributed by atoms with Crippen molar-refractivity contribution in [2.75, 3.05) is 0 Å². The van der Waals surface area contributed by atoms with Gasteiger partial charge >= 0.3 is 0 Å². The number of hydrogen-bond acceptors (Lipinski definition) is 5. The van der Waals surface area contributed by atoms with Crippen LogP contribution in [0, 0.1) is 0 Å². The monoisotopic (exact) mass is 433 g/mol. The van der Waals surface area contributed by atoms with Crippen molar-refractivity contribution in [3.05, 3.63) is 59.0 Å². The Labute approximate surface area is 181 Å². The zero-order valence-corrected chi connectivity index (χ0v) is 18.0. The molecule has 1 saturated carbocycles. The number of rotatable bonds is 3. The van der Waals surface area contributed by atoms with E-state index in [2.05, 4.69) is 56.4 Å². The summed E-state index contributed by atoms with van der Waals surface area (Å²) in [6.07, 6.45) is 6.62. The normalized spacial score (nSPS) is 23.6. The van der Waals surface area contributed by atoms with Gasteiger partial charge in [0.05, 0.1) is 22.8 Å². The predicted molar refractivity (Wildman–Crippen MR) is 114 cm³/mol. The minimum Gasteiger partial charge on any atom is -0.361 e. The molecule has 1 N–H and O–H groups in total. The van der Waals surface area contributed by atoms with Crippen LogP contribution in [0.5, 0.6) is 0 Å². The molecule has 1 fully saturated rings. The molecule has 0 atom stereocenters. The van der Waals surface area contributed by atoms with Gasteiger partial charge in [-0.1, -0.05) is 24.2 Å². The highest BCUT2D eigenvalue weighted by molar-refractivity contribution is 6.24. The summed E-state index contributed by atoms with van der Waals surface area (Å²) >= 11 is 7.15.